The molecule has 0 saturated carbocycles. The van der Waals surface area contributed by atoms with Gasteiger partial charge in [-0.2, -0.15) is 0 Å². The summed E-state index contributed by atoms with van der Waals surface area (Å²) in [5.74, 6) is 1.47. The molecule has 4 rings (SSSR count). The number of hydrogen-bond donors (Lipinski definition) is 0. The smallest absolute Gasteiger partial charge is 0.219 e. The second-order valence-corrected chi connectivity index (χ2v) is 8.10. The first-order valence-corrected chi connectivity index (χ1v) is 10.2. The van der Waals surface area contributed by atoms with Crippen LogP contribution in [0, 0.1) is 12.8 Å². The van der Waals surface area contributed by atoms with Crippen LogP contribution in [-0.2, 0) is 17.9 Å². The molecule has 1 amide bonds. The molecule has 0 aliphatic carbocycles. The van der Waals surface area contributed by atoms with Crippen LogP contribution in [-0.4, -0.2) is 46.4 Å². The van der Waals surface area contributed by atoms with Crippen LogP contribution < -0.4 is 4.74 Å². The number of likely N-dealkylation sites (tertiary alicyclic amines) is 1. The Kier molecular flexibility index (Phi) is 5.62. The number of benzene rings is 1. The molecule has 148 valence electrons. The van der Waals surface area contributed by atoms with Crippen molar-refractivity contribution in [2.24, 2.45) is 5.92 Å². The molecule has 2 aromatic rings. The van der Waals surface area contributed by atoms with Crippen LogP contribution in [0.2, 0.25) is 0 Å². The SMILES string of the molecule is CC(=O)N1Cc2ccccc2O[C@@H]([C@H]2CCCN(Cc3ccncc3C)C2)C1. The molecular weight excluding hydrogens is 350 g/mol. The fraction of sp³-hybridized carbons (Fsp3) is 0.478. The van der Waals surface area contributed by atoms with E-state index < -0.39 is 0 Å². The number of nitrogens with zero attached hydrogens (tertiary/aromatic N) is 3. The lowest BCUT2D eigenvalue weighted by Crippen LogP contribution is -2.46. The predicted octanol–water partition coefficient (Wildman–Crippen LogP) is 3.41. The molecule has 0 unspecified atom stereocenters. The number of rotatable bonds is 3. The first-order chi connectivity index (χ1) is 13.6. The number of fused-ring (bicyclic) bond motifs is 1. The van der Waals surface area contributed by atoms with Crippen LogP contribution in [0.25, 0.3) is 0 Å². The van der Waals surface area contributed by atoms with Gasteiger partial charge in [0.1, 0.15) is 11.9 Å². The second-order valence-electron chi connectivity index (χ2n) is 8.10. The lowest BCUT2D eigenvalue weighted by atomic mass is 9.91. The predicted molar refractivity (Wildman–Crippen MR) is 109 cm³/mol. The van der Waals surface area contributed by atoms with E-state index >= 15 is 0 Å². The molecular formula is C23H29N3O2. The summed E-state index contributed by atoms with van der Waals surface area (Å²) in [6, 6.07) is 10.2. The van der Waals surface area contributed by atoms with Crippen LogP contribution in [0.15, 0.2) is 42.7 Å². The Morgan fingerprint density at radius 3 is 2.93 bits per heavy atom. The Bertz CT molecular complexity index is 838. The summed E-state index contributed by atoms with van der Waals surface area (Å²) in [5.41, 5.74) is 3.68. The number of aryl methyl sites for hydroxylation is 1. The zero-order valence-corrected chi connectivity index (χ0v) is 16.8. The summed E-state index contributed by atoms with van der Waals surface area (Å²) in [4.78, 5) is 20.8. The maximum absolute atomic E-state index is 12.2. The molecule has 1 saturated heterocycles. The van der Waals surface area contributed by atoms with Crippen molar-refractivity contribution in [2.45, 2.75) is 45.9 Å². The van der Waals surface area contributed by atoms with Crippen molar-refractivity contribution in [3.05, 3.63) is 59.4 Å². The van der Waals surface area contributed by atoms with Gasteiger partial charge in [0.05, 0.1) is 6.54 Å². The third kappa shape index (κ3) is 4.20. The number of aromatic nitrogens is 1. The summed E-state index contributed by atoms with van der Waals surface area (Å²) in [6.45, 7) is 8.14. The van der Waals surface area contributed by atoms with Crippen molar-refractivity contribution in [3.8, 4) is 5.75 Å². The van der Waals surface area contributed by atoms with Gasteiger partial charge in [-0.3, -0.25) is 14.7 Å². The number of carbonyl (C=O) groups is 1. The largest absolute Gasteiger partial charge is 0.488 e. The van der Waals surface area contributed by atoms with Crippen molar-refractivity contribution < 1.29 is 9.53 Å². The van der Waals surface area contributed by atoms with Crippen molar-refractivity contribution in [1.29, 1.82) is 0 Å². The number of amides is 1. The van der Waals surface area contributed by atoms with Crippen LogP contribution in [0.3, 0.4) is 0 Å². The second kappa shape index (κ2) is 8.31. The molecule has 0 radical (unpaired) electrons. The molecule has 28 heavy (non-hydrogen) atoms. The Hall–Kier alpha value is -2.40. The molecule has 0 bridgehead atoms. The van der Waals surface area contributed by atoms with Gasteiger partial charge in [-0.25, -0.2) is 0 Å². The molecule has 5 heteroatoms. The summed E-state index contributed by atoms with van der Waals surface area (Å²) in [6.07, 6.45) is 6.15. The Morgan fingerprint density at radius 1 is 1.25 bits per heavy atom. The van der Waals surface area contributed by atoms with E-state index in [1.54, 1.807) is 6.92 Å². The van der Waals surface area contributed by atoms with Gasteiger partial charge in [-0.05, 0) is 49.6 Å². The third-order valence-electron chi connectivity index (χ3n) is 6.06. The molecule has 3 heterocycles. The molecule has 0 N–H and O–H groups in total. The molecule has 1 fully saturated rings. The molecule has 1 aromatic carbocycles. The summed E-state index contributed by atoms with van der Waals surface area (Å²) >= 11 is 0. The average Bonchev–Trinajstić information content (AvgIpc) is 2.90. The molecule has 2 aliphatic rings. The van der Waals surface area contributed by atoms with E-state index in [9.17, 15) is 4.79 Å². The molecule has 1 aromatic heterocycles. The average molecular weight is 380 g/mol. The van der Waals surface area contributed by atoms with E-state index in [0.717, 1.165) is 43.8 Å². The first-order valence-electron chi connectivity index (χ1n) is 10.2. The maximum Gasteiger partial charge on any atom is 0.219 e. The van der Waals surface area contributed by atoms with Gasteiger partial charge in [-0.15, -0.1) is 0 Å². The maximum atomic E-state index is 12.2. The molecule has 2 aliphatic heterocycles. The van der Waals surface area contributed by atoms with Gasteiger partial charge in [0.25, 0.3) is 0 Å². The van der Waals surface area contributed by atoms with Gasteiger partial charge < -0.3 is 9.64 Å². The van der Waals surface area contributed by atoms with Crippen molar-refractivity contribution >= 4 is 5.91 Å². The van der Waals surface area contributed by atoms with E-state index in [4.69, 9.17) is 4.74 Å². The number of pyridine rings is 1. The van der Waals surface area contributed by atoms with Gasteiger partial charge in [-0.1, -0.05) is 18.2 Å². The molecule has 5 nitrogen and oxygen atoms in total. The topological polar surface area (TPSA) is 45.7 Å². The van der Waals surface area contributed by atoms with Gasteiger partial charge in [0.2, 0.25) is 5.91 Å². The van der Waals surface area contributed by atoms with Crippen LogP contribution in [0.4, 0.5) is 0 Å². The highest BCUT2D eigenvalue weighted by Gasteiger charge is 2.33. The number of para-hydroxylation sites is 1. The lowest BCUT2D eigenvalue weighted by Gasteiger charge is -2.37. The van der Waals surface area contributed by atoms with E-state index in [2.05, 4.69) is 28.9 Å². The highest BCUT2D eigenvalue weighted by Crippen LogP contribution is 2.31. The van der Waals surface area contributed by atoms with Crippen LogP contribution >= 0.6 is 0 Å². The number of ether oxygens (including phenoxy) is 1. The number of hydrogen-bond acceptors (Lipinski definition) is 4. The minimum atomic E-state index is 0.0360. The Balaban J connectivity index is 1.50. The van der Waals surface area contributed by atoms with Crippen molar-refractivity contribution in [1.82, 2.24) is 14.8 Å². The van der Waals surface area contributed by atoms with Gasteiger partial charge >= 0.3 is 0 Å². The zero-order valence-electron chi connectivity index (χ0n) is 16.8. The molecule has 0 spiro atoms. The quantitative estimate of drug-likeness (QED) is 0.820. The van der Waals surface area contributed by atoms with Crippen LogP contribution in [0.5, 0.6) is 5.75 Å². The van der Waals surface area contributed by atoms with Crippen molar-refractivity contribution in [2.75, 3.05) is 19.6 Å². The third-order valence-corrected chi connectivity index (χ3v) is 6.06. The summed E-state index contributed by atoms with van der Waals surface area (Å²) < 4.78 is 6.47. The number of carbonyl (C=O) groups excluding carboxylic acids is 1. The normalized spacial score (nSPS) is 22.9. The van der Waals surface area contributed by atoms with Crippen LogP contribution in [0.1, 0.15) is 36.5 Å². The van der Waals surface area contributed by atoms with E-state index in [-0.39, 0.29) is 12.0 Å². The highest BCUT2D eigenvalue weighted by atomic mass is 16.5. The standard InChI is InChI=1S/C23H29N3O2/c1-17-12-24-10-9-19(17)13-25-11-5-7-20(14-25)23-16-26(18(2)27)15-21-6-3-4-8-22(21)28-23/h3-4,6,8-10,12,20,23H,5,7,11,13-16H2,1-2H3/t20-,23+/m0/s1. The molecule has 2 atom stereocenters. The van der Waals surface area contributed by atoms with E-state index in [0.29, 0.717) is 19.0 Å². The Morgan fingerprint density at radius 2 is 2.11 bits per heavy atom. The van der Waals surface area contributed by atoms with Gasteiger partial charge in [0, 0.05) is 50.4 Å². The van der Waals surface area contributed by atoms with Gasteiger partial charge in [0.15, 0.2) is 0 Å². The Labute approximate surface area is 167 Å². The van der Waals surface area contributed by atoms with Crippen molar-refractivity contribution in [3.63, 3.8) is 0 Å². The lowest BCUT2D eigenvalue weighted by molar-refractivity contribution is -0.130. The fourth-order valence-electron chi connectivity index (χ4n) is 4.38. The minimum Gasteiger partial charge on any atom is -0.488 e. The minimum absolute atomic E-state index is 0.0360. The monoisotopic (exact) mass is 379 g/mol. The van der Waals surface area contributed by atoms with E-state index in [1.165, 1.54) is 11.1 Å². The number of piperidine rings is 1. The van der Waals surface area contributed by atoms with E-state index in [1.807, 2.05) is 35.5 Å². The highest BCUT2D eigenvalue weighted by molar-refractivity contribution is 5.73. The summed E-state index contributed by atoms with van der Waals surface area (Å²) in [7, 11) is 0. The zero-order chi connectivity index (χ0) is 19.5. The summed E-state index contributed by atoms with van der Waals surface area (Å²) in [5, 5.41) is 0. The first kappa shape index (κ1) is 18.9. The fourth-order valence-corrected chi connectivity index (χ4v) is 4.38.